The van der Waals surface area contributed by atoms with Crippen LogP contribution in [0.5, 0.6) is 0 Å². The van der Waals surface area contributed by atoms with Gasteiger partial charge < -0.3 is 0 Å². The van der Waals surface area contributed by atoms with E-state index in [0.29, 0.717) is 5.69 Å². The van der Waals surface area contributed by atoms with E-state index in [4.69, 9.17) is 0 Å². The summed E-state index contributed by atoms with van der Waals surface area (Å²) in [4.78, 5) is 6.33. The molecule has 1 saturated heterocycles. The molecule has 2 atom stereocenters. The van der Waals surface area contributed by atoms with E-state index in [0.717, 1.165) is 32.0 Å². The molecule has 23 heavy (non-hydrogen) atoms. The molecule has 1 aliphatic heterocycles. The number of nitrogens with zero attached hydrogens (tertiary/aromatic N) is 3. The Hall–Kier alpha value is -1.89. The molecular formula is C16H19F3N4. The molecule has 0 amide bonds. The number of pyridine rings is 1. The number of hydrogen-bond acceptors (Lipinski definition) is 3. The summed E-state index contributed by atoms with van der Waals surface area (Å²) in [5, 5.41) is 5.99. The Labute approximate surface area is 132 Å². The number of rotatable bonds is 3. The third-order valence-corrected chi connectivity index (χ3v) is 4.52. The quantitative estimate of drug-likeness (QED) is 0.935. The summed E-state index contributed by atoms with van der Waals surface area (Å²) in [6.45, 7) is 3.79. The fourth-order valence-electron chi connectivity index (χ4n) is 3.16. The number of likely N-dealkylation sites (tertiary alicyclic amines) is 1. The van der Waals surface area contributed by atoms with Crippen LogP contribution < -0.4 is 0 Å². The van der Waals surface area contributed by atoms with Gasteiger partial charge in [0, 0.05) is 36.6 Å². The highest BCUT2D eigenvalue weighted by Gasteiger charge is 2.35. The highest BCUT2D eigenvalue weighted by molar-refractivity contribution is 5.18. The van der Waals surface area contributed by atoms with Crippen molar-refractivity contribution in [2.24, 2.45) is 0 Å². The SMILES string of the molecule is C[C@H](c1ccncc1)N1CCC[C@@H](c2cc(C(F)(F)F)n[nH]2)C1. The van der Waals surface area contributed by atoms with Gasteiger partial charge in [0.2, 0.25) is 0 Å². The number of hydrogen-bond donors (Lipinski definition) is 1. The standard InChI is InChI=1S/C16H19F3N4/c1-11(12-4-6-20-7-5-12)23-8-2-3-13(10-23)14-9-15(22-21-14)16(17,18)19/h4-7,9,11,13H,2-3,8,10H2,1H3,(H,21,22)/t11-,13-/m1/s1. The Kier molecular flexibility index (Phi) is 4.39. The molecule has 7 heteroatoms. The summed E-state index contributed by atoms with van der Waals surface area (Å²) in [6, 6.07) is 5.31. The minimum Gasteiger partial charge on any atom is -0.296 e. The van der Waals surface area contributed by atoms with Crippen molar-refractivity contribution < 1.29 is 13.2 Å². The molecule has 2 aromatic rings. The largest absolute Gasteiger partial charge is 0.435 e. The van der Waals surface area contributed by atoms with Crippen LogP contribution in [0.3, 0.4) is 0 Å². The second-order valence-electron chi connectivity index (χ2n) is 6.00. The number of aromatic nitrogens is 3. The molecule has 0 unspecified atom stereocenters. The van der Waals surface area contributed by atoms with Gasteiger partial charge in [-0.15, -0.1) is 0 Å². The molecule has 3 rings (SSSR count). The molecule has 1 fully saturated rings. The predicted octanol–water partition coefficient (Wildman–Crippen LogP) is 3.76. The minimum absolute atomic E-state index is 0.0524. The smallest absolute Gasteiger partial charge is 0.296 e. The Bertz CT molecular complexity index is 638. The fourth-order valence-corrected chi connectivity index (χ4v) is 3.16. The van der Waals surface area contributed by atoms with E-state index in [1.54, 1.807) is 12.4 Å². The van der Waals surface area contributed by atoms with Crippen LogP contribution in [-0.2, 0) is 6.18 Å². The molecular weight excluding hydrogens is 305 g/mol. The van der Waals surface area contributed by atoms with E-state index >= 15 is 0 Å². The van der Waals surface area contributed by atoms with Gasteiger partial charge in [-0.25, -0.2) is 0 Å². The molecule has 1 aliphatic rings. The Morgan fingerprint density at radius 3 is 2.70 bits per heavy atom. The van der Waals surface area contributed by atoms with Crippen molar-refractivity contribution in [3.8, 4) is 0 Å². The second-order valence-corrected chi connectivity index (χ2v) is 6.00. The maximum absolute atomic E-state index is 12.7. The third-order valence-electron chi connectivity index (χ3n) is 4.52. The summed E-state index contributed by atoms with van der Waals surface area (Å²) in [5.74, 6) is 0.0524. The lowest BCUT2D eigenvalue weighted by Gasteiger charge is -2.36. The molecule has 0 aromatic carbocycles. The van der Waals surface area contributed by atoms with Crippen molar-refractivity contribution >= 4 is 0 Å². The molecule has 3 heterocycles. The predicted molar refractivity (Wildman–Crippen MR) is 79.8 cm³/mol. The van der Waals surface area contributed by atoms with Gasteiger partial charge in [0.05, 0.1) is 0 Å². The summed E-state index contributed by atoms with van der Waals surface area (Å²) in [5.41, 5.74) is 0.900. The number of H-pyrrole nitrogens is 1. The van der Waals surface area contributed by atoms with Crippen LogP contribution in [0.15, 0.2) is 30.6 Å². The number of nitrogens with one attached hydrogen (secondary N) is 1. The fraction of sp³-hybridized carbons (Fsp3) is 0.500. The first kappa shape index (κ1) is 16.0. The monoisotopic (exact) mass is 324 g/mol. The molecule has 1 N–H and O–H groups in total. The third kappa shape index (κ3) is 3.55. The first-order chi connectivity index (χ1) is 10.9. The van der Waals surface area contributed by atoms with Gasteiger partial charge in [-0.3, -0.25) is 15.0 Å². The maximum Gasteiger partial charge on any atom is 0.435 e. The number of alkyl halides is 3. The number of aromatic amines is 1. The second kappa shape index (κ2) is 6.31. The van der Waals surface area contributed by atoms with Crippen molar-refractivity contribution in [2.45, 2.75) is 37.9 Å². The Morgan fingerprint density at radius 2 is 2.04 bits per heavy atom. The van der Waals surface area contributed by atoms with Gasteiger partial charge in [-0.2, -0.15) is 18.3 Å². The molecule has 0 radical (unpaired) electrons. The van der Waals surface area contributed by atoms with Crippen LogP contribution in [0, 0.1) is 0 Å². The summed E-state index contributed by atoms with van der Waals surface area (Å²) < 4.78 is 38.1. The molecule has 124 valence electrons. The van der Waals surface area contributed by atoms with E-state index in [9.17, 15) is 13.2 Å². The van der Waals surface area contributed by atoms with Crippen LogP contribution in [0.4, 0.5) is 13.2 Å². The van der Waals surface area contributed by atoms with Crippen molar-refractivity contribution in [1.82, 2.24) is 20.1 Å². The van der Waals surface area contributed by atoms with E-state index in [1.807, 2.05) is 12.1 Å². The zero-order chi connectivity index (χ0) is 16.4. The van der Waals surface area contributed by atoms with Gasteiger partial charge in [-0.1, -0.05) is 0 Å². The highest BCUT2D eigenvalue weighted by atomic mass is 19.4. The van der Waals surface area contributed by atoms with Crippen LogP contribution in [0.2, 0.25) is 0 Å². The number of piperidine rings is 1. The van der Waals surface area contributed by atoms with E-state index < -0.39 is 11.9 Å². The zero-order valence-electron chi connectivity index (χ0n) is 12.8. The van der Waals surface area contributed by atoms with E-state index in [1.165, 1.54) is 5.56 Å². The summed E-state index contributed by atoms with van der Waals surface area (Å²) in [7, 11) is 0. The molecule has 0 bridgehead atoms. The van der Waals surface area contributed by atoms with Crippen LogP contribution in [0.25, 0.3) is 0 Å². The van der Waals surface area contributed by atoms with Crippen molar-refractivity contribution in [2.75, 3.05) is 13.1 Å². The lowest BCUT2D eigenvalue weighted by molar-refractivity contribution is -0.141. The topological polar surface area (TPSA) is 44.8 Å². The Morgan fingerprint density at radius 1 is 1.30 bits per heavy atom. The van der Waals surface area contributed by atoms with Gasteiger partial charge in [0.25, 0.3) is 0 Å². The van der Waals surface area contributed by atoms with E-state index in [-0.39, 0.29) is 12.0 Å². The molecule has 2 aromatic heterocycles. The Balaban J connectivity index is 1.72. The van der Waals surface area contributed by atoms with Crippen LogP contribution in [0.1, 0.15) is 48.7 Å². The van der Waals surface area contributed by atoms with Crippen molar-refractivity contribution in [3.05, 3.63) is 47.5 Å². The van der Waals surface area contributed by atoms with Gasteiger partial charge in [-0.05, 0) is 50.1 Å². The normalized spacial score (nSPS) is 21.3. The minimum atomic E-state index is -4.40. The summed E-state index contributed by atoms with van der Waals surface area (Å²) in [6.07, 6.45) is 0.961. The van der Waals surface area contributed by atoms with Crippen molar-refractivity contribution in [1.29, 1.82) is 0 Å². The zero-order valence-corrected chi connectivity index (χ0v) is 12.8. The van der Waals surface area contributed by atoms with E-state index in [2.05, 4.69) is 27.0 Å². The molecule has 0 aliphatic carbocycles. The lowest BCUT2D eigenvalue weighted by Crippen LogP contribution is -2.36. The first-order valence-electron chi connectivity index (χ1n) is 7.71. The average molecular weight is 324 g/mol. The molecule has 0 saturated carbocycles. The van der Waals surface area contributed by atoms with Crippen LogP contribution >= 0.6 is 0 Å². The first-order valence-corrected chi connectivity index (χ1v) is 7.71. The highest BCUT2D eigenvalue weighted by Crippen LogP contribution is 2.34. The van der Waals surface area contributed by atoms with Crippen LogP contribution in [-0.4, -0.2) is 33.2 Å². The van der Waals surface area contributed by atoms with Gasteiger partial charge in [0.15, 0.2) is 5.69 Å². The van der Waals surface area contributed by atoms with Gasteiger partial charge >= 0.3 is 6.18 Å². The number of halogens is 3. The van der Waals surface area contributed by atoms with Crippen molar-refractivity contribution in [3.63, 3.8) is 0 Å². The summed E-state index contributed by atoms with van der Waals surface area (Å²) >= 11 is 0. The molecule has 0 spiro atoms. The maximum atomic E-state index is 12.7. The average Bonchev–Trinajstić information content (AvgIpc) is 3.05. The van der Waals surface area contributed by atoms with Gasteiger partial charge in [0.1, 0.15) is 0 Å². The molecule has 4 nitrogen and oxygen atoms in total. The lowest BCUT2D eigenvalue weighted by atomic mass is 9.92.